The standard InChI is InChI=1S/C14H25N3O3/c1-6-14(5,7-8-18)16-12(19)15-11-9-10(20-17-11)13(2,3)4/h9,18H,6-8H2,1-5H3,(H2,15,16,17,19). The number of rotatable bonds is 5. The summed E-state index contributed by atoms with van der Waals surface area (Å²) in [7, 11) is 0. The second-order valence-corrected chi connectivity index (χ2v) is 6.29. The van der Waals surface area contributed by atoms with Crippen molar-refractivity contribution in [3.05, 3.63) is 11.8 Å². The molecule has 1 atom stereocenters. The lowest BCUT2D eigenvalue weighted by molar-refractivity contribution is 0.208. The third-order valence-corrected chi connectivity index (χ3v) is 3.35. The SMILES string of the molecule is CCC(C)(CCO)NC(=O)Nc1cc(C(C)(C)C)on1. The lowest BCUT2D eigenvalue weighted by Crippen LogP contribution is -2.48. The van der Waals surface area contributed by atoms with E-state index in [1.54, 1.807) is 6.07 Å². The molecule has 20 heavy (non-hydrogen) atoms. The zero-order chi connectivity index (χ0) is 15.4. The van der Waals surface area contributed by atoms with Crippen LogP contribution in [-0.2, 0) is 5.41 Å². The maximum atomic E-state index is 11.9. The third-order valence-electron chi connectivity index (χ3n) is 3.35. The van der Waals surface area contributed by atoms with Crippen LogP contribution >= 0.6 is 0 Å². The maximum absolute atomic E-state index is 11.9. The molecule has 2 amide bonds. The quantitative estimate of drug-likeness (QED) is 0.775. The maximum Gasteiger partial charge on any atom is 0.320 e. The Bertz CT molecular complexity index is 451. The zero-order valence-electron chi connectivity index (χ0n) is 12.9. The molecule has 0 spiro atoms. The normalized spacial score (nSPS) is 14.7. The van der Waals surface area contributed by atoms with Crippen molar-refractivity contribution in [1.82, 2.24) is 10.5 Å². The highest BCUT2D eigenvalue weighted by Gasteiger charge is 2.25. The van der Waals surface area contributed by atoms with Crippen molar-refractivity contribution < 1.29 is 14.4 Å². The van der Waals surface area contributed by atoms with Gasteiger partial charge in [-0.25, -0.2) is 4.79 Å². The van der Waals surface area contributed by atoms with E-state index in [1.807, 2.05) is 34.6 Å². The Labute approximate surface area is 119 Å². The van der Waals surface area contributed by atoms with Crippen molar-refractivity contribution >= 4 is 11.8 Å². The van der Waals surface area contributed by atoms with Crippen molar-refractivity contribution in [3.8, 4) is 0 Å². The predicted molar refractivity (Wildman–Crippen MR) is 77.8 cm³/mol. The van der Waals surface area contributed by atoms with E-state index in [1.165, 1.54) is 0 Å². The number of carbonyl (C=O) groups excluding carboxylic acids is 1. The number of nitrogens with zero attached hydrogens (tertiary/aromatic N) is 1. The van der Waals surface area contributed by atoms with Gasteiger partial charge in [0.25, 0.3) is 0 Å². The number of hydrogen-bond donors (Lipinski definition) is 3. The largest absolute Gasteiger partial charge is 0.396 e. The van der Waals surface area contributed by atoms with Crippen LogP contribution in [0.5, 0.6) is 0 Å². The molecule has 0 aromatic carbocycles. The number of nitrogens with one attached hydrogen (secondary N) is 2. The summed E-state index contributed by atoms with van der Waals surface area (Å²) in [6.07, 6.45) is 1.23. The van der Waals surface area contributed by atoms with E-state index >= 15 is 0 Å². The first-order chi connectivity index (χ1) is 9.20. The molecule has 1 heterocycles. The minimum absolute atomic E-state index is 0.0305. The van der Waals surface area contributed by atoms with Crippen molar-refractivity contribution in [3.63, 3.8) is 0 Å². The fourth-order valence-electron chi connectivity index (χ4n) is 1.68. The summed E-state index contributed by atoms with van der Waals surface area (Å²) in [5, 5.41) is 18.4. The van der Waals surface area contributed by atoms with Crippen molar-refractivity contribution in [2.24, 2.45) is 0 Å². The average molecular weight is 283 g/mol. The summed E-state index contributed by atoms with van der Waals surface area (Å²) in [4.78, 5) is 11.9. The van der Waals surface area contributed by atoms with Gasteiger partial charge in [-0.1, -0.05) is 32.9 Å². The first kappa shape index (κ1) is 16.5. The van der Waals surface area contributed by atoms with Gasteiger partial charge < -0.3 is 14.9 Å². The van der Waals surface area contributed by atoms with E-state index in [-0.39, 0.29) is 18.1 Å². The molecule has 0 aliphatic carbocycles. The van der Waals surface area contributed by atoms with E-state index in [0.29, 0.717) is 18.0 Å². The summed E-state index contributed by atoms with van der Waals surface area (Å²) >= 11 is 0. The van der Waals surface area contributed by atoms with Crippen LogP contribution in [0.3, 0.4) is 0 Å². The molecule has 1 unspecified atom stereocenters. The average Bonchev–Trinajstić information content (AvgIpc) is 2.77. The van der Waals surface area contributed by atoms with Crippen LogP contribution in [0.25, 0.3) is 0 Å². The smallest absolute Gasteiger partial charge is 0.320 e. The number of anilines is 1. The molecule has 1 aromatic heterocycles. The fraction of sp³-hybridized carbons (Fsp3) is 0.714. The molecule has 0 saturated carbocycles. The second kappa shape index (κ2) is 6.26. The van der Waals surface area contributed by atoms with Crippen LogP contribution < -0.4 is 10.6 Å². The van der Waals surface area contributed by atoms with Gasteiger partial charge in [-0.2, -0.15) is 0 Å². The van der Waals surface area contributed by atoms with E-state index < -0.39 is 5.54 Å². The van der Waals surface area contributed by atoms with Crippen molar-refractivity contribution in [2.45, 2.75) is 58.4 Å². The van der Waals surface area contributed by atoms with Crippen LogP contribution in [0.1, 0.15) is 53.2 Å². The second-order valence-electron chi connectivity index (χ2n) is 6.29. The molecule has 1 aromatic rings. The molecule has 0 aliphatic heterocycles. The Morgan fingerprint density at radius 1 is 1.40 bits per heavy atom. The summed E-state index contributed by atoms with van der Waals surface area (Å²) < 4.78 is 5.20. The molecule has 1 rings (SSSR count). The molecule has 3 N–H and O–H groups in total. The number of urea groups is 1. The van der Waals surface area contributed by atoms with Gasteiger partial charge in [-0.15, -0.1) is 0 Å². The minimum Gasteiger partial charge on any atom is -0.396 e. The summed E-state index contributed by atoms with van der Waals surface area (Å²) in [5.74, 6) is 1.09. The van der Waals surface area contributed by atoms with E-state index in [9.17, 15) is 4.79 Å². The lowest BCUT2D eigenvalue weighted by atomic mass is 9.93. The topological polar surface area (TPSA) is 87.4 Å². The van der Waals surface area contributed by atoms with E-state index in [0.717, 1.165) is 6.42 Å². The fourth-order valence-corrected chi connectivity index (χ4v) is 1.68. The molecular weight excluding hydrogens is 258 g/mol. The number of carbonyl (C=O) groups is 1. The molecule has 0 fully saturated rings. The highest BCUT2D eigenvalue weighted by molar-refractivity contribution is 5.88. The van der Waals surface area contributed by atoms with Crippen molar-refractivity contribution in [1.29, 1.82) is 0 Å². The van der Waals surface area contributed by atoms with Gasteiger partial charge in [0, 0.05) is 23.6 Å². The first-order valence-electron chi connectivity index (χ1n) is 6.87. The Hall–Kier alpha value is -1.56. The van der Waals surface area contributed by atoms with Gasteiger partial charge in [0.1, 0.15) is 5.76 Å². The zero-order valence-corrected chi connectivity index (χ0v) is 12.9. The first-order valence-corrected chi connectivity index (χ1v) is 6.87. The Balaban J connectivity index is 2.65. The molecular formula is C14H25N3O3. The summed E-state index contributed by atoms with van der Waals surface area (Å²) in [6.45, 7) is 9.91. The van der Waals surface area contributed by atoms with Crippen molar-refractivity contribution in [2.75, 3.05) is 11.9 Å². The highest BCUT2D eigenvalue weighted by Crippen LogP contribution is 2.24. The van der Waals surface area contributed by atoms with Crippen LogP contribution in [0.15, 0.2) is 10.6 Å². The molecule has 6 nitrogen and oxygen atoms in total. The van der Waals surface area contributed by atoms with Crippen LogP contribution in [0, 0.1) is 0 Å². The molecule has 0 aliphatic rings. The minimum atomic E-state index is -0.435. The van der Waals surface area contributed by atoms with E-state index in [2.05, 4.69) is 15.8 Å². The Morgan fingerprint density at radius 3 is 2.50 bits per heavy atom. The van der Waals surface area contributed by atoms with Crippen LogP contribution in [-0.4, -0.2) is 28.4 Å². The lowest BCUT2D eigenvalue weighted by Gasteiger charge is -2.28. The van der Waals surface area contributed by atoms with Gasteiger partial charge in [-0.3, -0.25) is 5.32 Å². The van der Waals surface area contributed by atoms with Gasteiger partial charge >= 0.3 is 6.03 Å². The number of aromatic nitrogens is 1. The number of aliphatic hydroxyl groups is 1. The molecule has 6 heteroatoms. The Kier molecular flexibility index (Phi) is 5.16. The van der Waals surface area contributed by atoms with Gasteiger partial charge in [-0.05, 0) is 19.8 Å². The molecule has 0 saturated heterocycles. The molecule has 114 valence electrons. The summed E-state index contributed by atoms with van der Waals surface area (Å²) in [6, 6.07) is 1.37. The third kappa shape index (κ3) is 4.52. The van der Waals surface area contributed by atoms with Crippen LogP contribution in [0.2, 0.25) is 0 Å². The number of amides is 2. The van der Waals surface area contributed by atoms with Gasteiger partial charge in [0.05, 0.1) is 0 Å². The molecule has 0 bridgehead atoms. The number of hydrogen-bond acceptors (Lipinski definition) is 4. The van der Waals surface area contributed by atoms with Crippen LogP contribution in [0.4, 0.5) is 10.6 Å². The van der Waals surface area contributed by atoms with Gasteiger partial charge in [0.15, 0.2) is 5.82 Å². The monoisotopic (exact) mass is 283 g/mol. The molecule has 0 radical (unpaired) electrons. The van der Waals surface area contributed by atoms with E-state index in [4.69, 9.17) is 9.63 Å². The van der Waals surface area contributed by atoms with Gasteiger partial charge in [0.2, 0.25) is 0 Å². The predicted octanol–water partition coefficient (Wildman–Crippen LogP) is 2.64. The summed E-state index contributed by atoms with van der Waals surface area (Å²) in [5.41, 5.74) is -0.590. The number of aliphatic hydroxyl groups excluding tert-OH is 1. The highest BCUT2D eigenvalue weighted by atomic mass is 16.5. The Morgan fingerprint density at radius 2 is 2.05 bits per heavy atom.